The van der Waals surface area contributed by atoms with Crippen molar-refractivity contribution in [2.45, 2.75) is 39.2 Å². The van der Waals surface area contributed by atoms with Crippen molar-refractivity contribution in [1.29, 1.82) is 0 Å². The van der Waals surface area contributed by atoms with Gasteiger partial charge in [-0.3, -0.25) is 9.59 Å². The Kier molecular flexibility index (Phi) is 5.84. The number of likely N-dealkylation sites (tertiary alicyclic amines) is 1. The summed E-state index contributed by atoms with van der Waals surface area (Å²) in [5.41, 5.74) is 0. The number of carbonyl (C=O) groups excluding carboxylic acids is 2. The number of nitrogens with one attached hydrogen (secondary N) is 1. The predicted molar refractivity (Wildman–Crippen MR) is 83.7 cm³/mol. The van der Waals surface area contributed by atoms with Gasteiger partial charge in [-0.15, -0.1) is 10.2 Å². The summed E-state index contributed by atoms with van der Waals surface area (Å²) in [4.78, 5) is 26.0. The number of nitrogens with zero attached hydrogens (tertiary/aromatic N) is 3. The van der Waals surface area contributed by atoms with Crippen LogP contribution in [0, 0.1) is 5.92 Å². The fourth-order valence-electron chi connectivity index (χ4n) is 2.49. The first-order valence-corrected chi connectivity index (χ1v) is 8.28. The van der Waals surface area contributed by atoms with Crippen molar-refractivity contribution in [2.75, 3.05) is 25.6 Å². The molecule has 0 saturated carbocycles. The molecule has 1 fully saturated rings. The lowest BCUT2D eigenvalue weighted by molar-refractivity contribution is -0.130. The van der Waals surface area contributed by atoms with Crippen molar-refractivity contribution in [1.82, 2.24) is 15.1 Å². The second kappa shape index (κ2) is 7.64. The minimum absolute atomic E-state index is 0.00589. The Bertz CT molecular complexity index is 534. The first-order valence-electron chi connectivity index (χ1n) is 7.46. The largest absolute Gasteiger partial charge is 0.383 e. The molecule has 22 heavy (non-hydrogen) atoms. The Hall–Kier alpha value is -1.54. The molecule has 7 nitrogen and oxygen atoms in total. The molecule has 8 heteroatoms. The SMILES string of the molecule is CCCc1nnc(NC(=O)[C@@H]2CC(=O)N([C@@H](C)COC)C2)s1. The number of hydrogen-bond acceptors (Lipinski definition) is 6. The monoisotopic (exact) mass is 326 g/mol. The van der Waals surface area contributed by atoms with Gasteiger partial charge < -0.3 is 15.0 Å². The summed E-state index contributed by atoms with van der Waals surface area (Å²) in [5, 5.41) is 12.2. The number of aromatic nitrogens is 2. The van der Waals surface area contributed by atoms with Crippen LogP contribution in [-0.4, -0.2) is 53.2 Å². The molecule has 122 valence electrons. The highest BCUT2D eigenvalue weighted by Gasteiger charge is 2.36. The molecule has 0 spiro atoms. The molecule has 1 aromatic rings. The summed E-state index contributed by atoms with van der Waals surface area (Å²) in [5.74, 6) is -0.515. The molecule has 0 aliphatic carbocycles. The van der Waals surface area contributed by atoms with Crippen LogP contribution in [0.3, 0.4) is 0 Å². The van der Waals surface area contributed by atoms with Gasteiger partial charge in [0.2, 0.25) is 16.9 Å². The van der Waals surface area contributed by atoms with Gasteiger partial charge in [-0.2, -0.15) is 0 Å². The third-order valence-electron chi connectivity index (χ3n) is 3.63. The van der Waals surface area contributed by atoms with Crippen molar-refractivity contribution < 1.29 is 14.3 Å². The fraction of sp³-hybridized carbons (Fsp3) is 0.714. The standard InChI is InChI=1S/C14H22N4O3S/c1-4-5-11-16-17-14(22-11)15-13(20)10-6-12(19)18(7-10)9(2)8-21-3/h9-10H,4-8H2,1-3H3,(H,15,17,20)/t9-,10+/m0/s1. The molecule has 0 unspecified atom stereocenters. The topological polar surface area (TPSA) is 84.4 Å². The number of hydrogen-bond donors (Lipinski definition) is 1. The van der Waals surface area contributed by atoms with Gasteiger partial charge in [0, 0.05) is 26.5 Å². The number of ether oxygens (including phenoxy) is 1. The lowest BCUT2D eigenvalue weighted by atomic mass is 10.1. The van der Waals surface area contributed by atoms with E-state index in [2.05, 4.69) is 22.4 Å². The van der Waals surface area contributed by atoms with Crippen molar-refractivity contribution in [3.63, 3.8) is 0 Å². The molecule has 1 aliphatic heterocycles. The molecule has 0 radical (unpaired) electrons. The molecule has 1 aliphatic rings. The smallest absolute Gasteiger partial charge is 0.231 e. The van der Waals surface area contributed by atoms with Crippen LogP contribution in [-0.2, 0) is 20.7 Å². The summed E-state index contributed by atoms with van der Waals surface area (Å²) in [6, 6.07) is -0.0204. The van der Waals surface area contributed by atoms with E-state index < -0.39 is 0 Å². The molecule has 2 rings (SSSR count). The van der Waals surface area contributed by atoms with Crippen molar-refractivity contribution in [3.8, 4) is 0 Å². The highest BCUT2D eigenvalue weighted by molar-refractivity contribution is 7.15. The number of anilines is 1. The van der Waals surface area contributed by atoms with Crippen LogP contribution in [0.4, 0.5) is 5.13 Å². The molecule has 2 heterocycles. The van der Waals surface area contributed by atoms with Gasteiger partial charge in [0.1, 0.15) is 5.01 Å². The molecule has 0 bridgehead atoms. The van der Waals surface area contributed by atoms with E-state index in [1.54, 1.807) is 12.0 Å². The molecular weight excluding hydrogens is 304 g/mol. The first-order chi connectivity index (χ1) is 10.5. The second-order valence-electron chi connectivity index (χ2n) is 5.49. The Labute approximate surface area is 134 Å². The highest BCUT2D eigenvalue weighted by Crippen LogP contribution is 2.23. The molecule has 1 N–H and O–H groups in total. The number of amides is 2. The Balaban J connectivity index is 1.91. The van der Waals surface area contributed by atoms with Gasteiger partial charge in [-0.1, -0.05) is 18.3 Å². The van der Waals surface area contributed by atoms with Crippen LogP contribution >= 0.6 is 11.3 Å². The lowest BCUT2D eigenvalue weighted by Crippen LogP contribution is -2.38. The zero-order valence-corrected chi connectivity index (χ0v) is 14.0. The third kappa shape index (κ3) is 4.01. The van der Waals surface area contributed by atoms with E-state index in [-0.39, 0.29) is 30.2 Å². The number of methoxy groups -OCH3 is 1. The van der Waals surface area contributed by atoms with Crippen LogP contribution in [0.1, 0.15) is 31.7 Å². The molecule has 1 aromatic heterocycles. The Morgan fingerprint density at radius 2 is 2.32 bits per heavy atom. The zero-order valence-electron chi connectivity index (χ0n) is 13.2. The number of aryl methyl sites for hydroxylation is 1. The summed E-state index contributed by atoms with van der Waals surface area (Å²) in [6.45, 7) is 4.88. The maximum atomic E-state index is 12.3. The maximum absolute atomic E-state index is 12.3. The second-order valence-corrected chi connectivity index (χ2v) is 6.55. The van der Waals surface area contributed by atoms with Crippen LogP contribution in [0.5, 0.6) is 0 Å². The van der Waals surface area contributed by atoms with Crippen LogP contribution in [0.25, 0.3) is 0 Å². The highest BCUT2D eigenvalue weighted by atomic mass is 32.1. The summed E-state index contributed by atoms with van der Waals surface area (Å²) >= 11 is 1.39. The van der Waals surface area contributed by atoms with E-state index in [1.807, 2.05) is 6.92 Å². The van der Waals surface area contributed by atoms with Crippen molar-refractivity contribution >= 4 is 28.3 Å². The fourth-order valence-corrected chi connectivity index (χ4v) is 3.34. The first kappa shape index (κ1) is 16.8. The minimum Gasteiger partial charge on any atom is -0.383 e. The summed E-state index contributed by atoms with van der Waals surface area (Å²) in [6.07, 6.45) is 2.09. The van der Waals surface area contributed by atoms with Gasteiger partial charge in [0.05, 0.1) is 18.6 Å². The zero-order chi connectivity index (χ0) is 16.1. The number of rotatable bonds is 7. The van der Waals surface area contributed by atoms with Crippen molar-refractivity contribution in [3.05, 3.63) is 5.01 Å². The summed E-state index contributed by atoms with van der Waals surface area (Å²) in [7, 11) is 1.60. The van der Waals surface area contributed by atoms with E-state index in [9.17, 15) is 9.59 Å². The molecular formula is C14H22N4O3S. The average molecular weight is 326 g/mol. The van der Waals surface area contributed by atoms with E-state index in [1.165, 1.54) is 11.3 Å². The molecule has 2 amide bonds. The van der Waals surface area contributed by atoms with E-state index in [0.717, 1.165) is 17.8 Å². The molecule has 1 saturated heterocycles. The Morgan fingerprint density at radius 3 is 3.00 bits per heavy atom. The summed E-state index contributed by atoms with van der Waals surface area (Å²) < 4.78 is 5.07. The van der Waals surface area contributed by atoms with Gasteiger partial charge in [0.15, 0.2) is 0 Å². The van der Waals surface area contributed by atoms with Crippen LogP contribution in [0.15, 0.2) is 0 Å². The third-order valence-corrected chi connectivity index (χ3v) is 4.53. The number of carbonyl (C=O) groups is 2. The predicted octanol–water partition coefficient (Wildman–Crippen LogP) is 1.31. The van der Waals surface area contributed by atoms with Crippen LogP contribution in [0.2, 0.25) is 0 Å². The van der Waals surface area contributed by atoms with E-state index >= 15 is 0 Å². The average Bonchev–Trinajstić information content (AvgIpc) is 3.06. The van der Waals surface area contributed by atoms with Gasteiger partial charge >= 0.3 is 0 Å². The Morgan fingerprint density at radius 1 is 1.55 bits per heavy atom. The van der Waals surface area contributed by atoms with Gasteiger partial charge in [0.25, 0.3) is 0 Å². The normalized spacial score (nSPS) is 19.5. The maximum Gasteiger partial charge on any atom is 0.231 e. The van der Waals surface area contributed by atoms with Gasteiger partial charge in [-0.05, 0) is 13.3 Å². The van der Waals surface area contributed by atoms with Crippen LogP contribution < -0.4 is 5.32 Å². The van der Waals surface area contributed by atoms with E-state index in [4.69, 9.17) is 4.74 Å². The van der Waals surface area contributed by atoms with Crippen molar-refractivity contribution in [2.24, 2.45) is 5.92 Å². The lowest BCUT2D eigenvalue weighted by Gasteiger charge is -2.23. The van der Waals surface area contributed by atoms with Gasteiger partial charge in [-0.25, -0.2) is 0 Å². The molecule has 0 aromatic carbocycles. The minimum atomic E-state index is -0.342. The molecule has 2 atom stereocenters. The van der Waals surface area contributed by atoms with E-state index in [0.29, 0.717) is 18.3 Å². The quantitative estimate of drug-likeness (QED) is 0.817.